The SMILES string of the molecule is CCCNC(c1c(Cl)cnn1C)C1CCS(=O)(=O)C1. The second-order valence-corrected chi connectivity index (χ2v) is 7.73. The molecule has 1 saturated heterocycles. The van der Waals surface area contributed by atoms with Crippen molar-refractivity contribution < 1.29 is 8.42 Å². The summed E-state index contributed by atoms with van der Waals surface area (Å²) in [4.78, 5) is 0. The average molecular weight is 306 g/mol. The number of aryl methyl sites for hydroxylation is 1. The molecular formula is C12H20ClN3O2S. The van der Waals surface area contributed by atoms with Crippen molar-refractivity contribution in [1.29, 1.82) is 0 Å². The molecular weight excluding hydrogens is 286 g/mol. The van der Waals surface area contributed by atoms with Crippen molar-refractivity contribution in [2.45, 2.75) is 25.8 Å². The summed E-state index contributed by atoms with van der Waals surface area (Å²) in [5.41, 5.74) is 0.886. The molecule has 1 aromatic rings. The molecule has 0 aliphatic carbocycles. The third kappa shape index (κ3) is 3.30. The Morgan fingerprint density at radius 3 is 2.84 bits per heavy atom. The van der Waals surface area contributed by atoms with Gasteiger partial charge in [0, 0.05) is 7.05 Å². The largest absolute Gasteiger partial charge is 0.308 e. The van der Waals surface area contributed by atoms with Crippen molar-refractivity contribution >= 4 is 21.4 Å². The highest BCUT2D eigenvalue weighted by molar-refractivity contribution is 7.91. The lowest BCUT2D eigenvalue weighted by Gasteiger charge is -2.24. The van der Waals surface area contributed by atoms with Gasteiger partial charge < -0.3 is 5.32 Å². The van der Waals surface area contributed by atoms with Crippen LogP contribution in [-0.4, -0.2) is 36.2 Å². The molecule has 2 rings (SSSR count). The molecule has 2 atom stereocenters. The quantitative estimate of drug-likeness (QED) is 0.896. The van der Waals surface area contributed by atoms with E-state index in [1.165, 1.54) is 0 Å². The predicted octanol–water partition coefficient (Wildman–Crippen LogP) is 1.55. The van der Waals surface area contributed by atoms with Gasteiger partial charge in [-0.05, 0) is 25.3 Å². The van der Waals surface area contributed by atoms with Gasteiger partial charge in [0.2, 0.25) is 0 Å². The Labute approximate surface area is 119 Å². The third-order valence-electron chi connectivity index (χ3n) is 3.59. The van der Waals surface area contributed by atoms with Crippen LogP contribution in [0.2, 0.25) is 5.02 Å². The monoisotopic (exact) mass is 305 g/mol. The standard InChI is InChI=1S/C12H20ClN3O2S/c1-3-5-14-11(9-4-6-19(17,18)8-9)12-10(13)7-15-16(12)2/h7,9,11,14H,3-6,8H2,1-2H3. The first kappa shape index (κ1) is 14.8. The van der Waals surface area contributed by atoms with Gasteiger partial charge in [-0.2, -0.15) is 5.10 Å². The minimum absolute atomic E-state index is 0.0442. The van der Waals surface area contributed by atoms with Gasteiger partial charge in [0.05, 0.1) is 34.5 Å². The fraction of sp³-hybridized carbons (Fsp3) is 0.750. The molecule has 1 aromatic heterocycles. The highest BCUT2D eigenvalue weighted by Crippen LogP contribution is 2.34. The summed E-state index contributed by atoms with van der Waals surface area (Å²) in [7, 11) is -1.06. The number of sulfone groups is 1. The van der Waals surface area contributed by atoms with Crippen LogP contribution in [0.15, 0.2) is 6.20 Å². The van der Waals surface area contributed by atoms with E-state index in [1.54, 1.807) is 10.9 Å². The van der Waals surface area contributed by atoms with Crippen molar-refractivity contribution in [3.05, 3.63) is 16.9 Å². The molecule has 7 heteroatoms. The second kappa shape index (κ2) is 5.81. The number of rotatable bonds is 5. The molecule has 0 aromatic carbocycles. The van der Waals surface area contributed by atoms with Crippen LogP contribution in [0.3, 0.4) is 0 Å². The molecule has 0 bridgehead atoms. The average Bonchev–Trinajstić information content (AvgIpc) is 2.86. The van der Waals surface area contributed by atoms with E-state index in [9.17, 15) is 8.42 Å². The summed E-state index contributed by atoms with van der Waals surface area (Å²) >= 11 is 6.20. The van der Waals surface area contributed by atoms with Gasteiger partial charge >= 0.3 is 0 Å². The Morgan fingerprint density at radius 1 is 1.63 bits per heavy atom. The minimum atomic E-state index is -2.90. The highest BCUT2D eigenvalue weighted by Gasteiger charge is 2.36. The van der Waals surface area contributed by atoms with E-state index >= 15 is 0 Å². The third-order valence-corrected chi connectivity index (χ3v) is 5.67. The summed E-state index contributed by atoms with van der Waals surface area (Å²) in [5.74, 6) is 0.581. The molecule has 0 radical (unpaired) electrons. The smallest absolute Gasteiger partial charge is 0.150 e. The molecule has 2 unspecified atom stereocenters. The maximum atomic E-state index is 11.7. The fourth-order valence-electron chi connectivity index (χ4n) is 2.64. The van der Waals surface area contributed by atoms with Crippen LogP contribution in [0.4, 0.5) is 0 Å². The zero-order valence-corrected chi connectivity index (χ0v) is 12.8. The number of nitrogens with zero attached hydrogens (tertiary/aromatic N) is 2. The number of halogens is 1. The summed E-state index contributed by atoms with van der Waals surface area (Å²) in [6.07, 6.45) is 3.29. The molecule has 1 N–H and O–H groups in total. The number of hydrogen-bond donors (Lipinski definition) is 1. The van der Waals surface area contributed by atoms with Crippen LogP contribution in [0, 0.1) is 5.92 Å². The van der Waals surface area contributed by atoms with Gasteiger partial charge in [-0.1, -0.05) is 18.5 Å². The van der Waals surface area contributed by atoms with E-state index in [4.69, 9.17) is 11.6 Å². The molecule has 1 aliphatic rings. The van der Waals surface area contributed by atoms with Crippen LogP contribution in [0.25, 0.3) is 0 Å². The Balaban J connectivity index is 2.26. The summed E-state index contributed by atoms with van der Waals surface area (Å²) in [6.45, 7) is 2.92. The zero-order chi connectivity index (χ0) is 14.0. The normalized spacial score (nSPS) is 23.6. The molecule has 0 spiro atoms. The van der Waals surface area contributed by atoms with Gasteiger partial charge in [0.1, 0.15) is 0 Å². The maximum Gasteiger partial charge on any atom is 0.150 e. The van der Waals surface area contributed by atoms with Crippen molar-refractivity contribution in [3.8, 4) is 0 Å². The first-order chi connectivity index (χ1) is 8.94. The summed E-state index contributed by atoms with van der Waals surface area (Å²) < 4.78 is 25.1. The zero-order valence-electron chi connectivity index (χ0n) is 11.3. The minimum Gasteiger partial charge on any atom is -0.308 e. The Bertz CT molecular complexity index is 522. The topological polar surface area (TPSA) is 64.0 Å². The lowest BCUT2D eigenvalue weighted by Crippen LogP contribution is -2.31. The first-order valence-electron chi connectivity index (χ1n) is 6.56. The molecule has 108 valence electrons. The van der Waals surface area contributed by atoms with Crippen LogP contribution in [0.1, 0.15) is 31.5 Å². The predicted molar refractivity (Wildman–Crippen MR) is 76.0 cm³/mol. The number of nitrogens with one attached hydrogen (secondary N) is 1. The van der Waals surface area contributed by atoms with Gasteiger partial charge in [0.25, 0.3) is 0 Å². The molecule has 5 nitrogen and oxygen atoms in total. The number of aromatic nitrogens is 2. The molecule has 1 aliphatic heterocycles. The van der Waals surface area contributed by atoms with Crippen LogP contribution in [0.5, 0.6) is 0 Å². The van der Waals surface area contributed by atoms with Gasteiger partial charge in [-0.25, -0.2) is 8.42 Å². The Hall–Kier alpha value is -0.590. The number of hydrogen-bond acceptors (Lipinski definition) is 4. The van der Waals surface area contributed by atoms with Crippen LogP contribution >= 0.6 is 11.6 Å². The summed E-state index contributed by atoms with van der Waals surface area (Å²) in [6, 6.07) is -0.0442. The van der Waals surface area contributed by atoms with E-state index in [0.29, 0.717) is 11.4 Å². The lowest BCUT2D eigenvalue weighted by atomic mass is 9.96. The van der Waals surface area contributed by atoms with Crippen LogP contribution in [-0.2, 0) is 16.9 Å². The lowest BCUT2D eigenvalue weighted by molar-refractivity contribution is 0.373. The van der Waals surface area contributed by atoms with Gasteiger partial charge in [-0.3, -0.25) is 4.68 Å². The molecule has 2 heterocycles. The molecule has 0 saturated carbocycles. The van der Waals surface area contributed by atoms with E-state index in [-0.39, 0.29) is 23.5 Å². The van der Waals surface area contributed by atoms with Crippen molar-refractivity contribution in [2.75, 3.05) is 18.1 Å². The maximum absolute atomic E-state index is 11.7. The summed E-state index contributed by atoms with van der Waals surface area (Å²) in [5, 5.41) is 8.17. The van der Waals surface area contributed by atoms with Gasteiger partial charge in [0.15, 0.2) is 9.84 Å². The van der Waals surface area contributed by atoms with E-state index in [1.807, 2.05) is 7.05 Å². The molecule has 0 amide bonds. The first-order valence-corrected chi connectivity index (χ1v) is 8.75. The molecule has 19 heavy (non-hydrogen) atoms. The molecule has 1 fully saturated rings. The van der Waals surface area contributed by atoms with Crippen molar-refractivity contribution in [1.82, 2.24) is 15.1 Å². The van der Waals surface area contributed by atoms with E-state index in [2.05, 4.69) is 17.3 Å². The van der Waals surface area contributed by atoms with Crippen molar-refractivity contribution in [3.63, 3.8) is 0 Å². The van der Waals surface area contributed by atoms with E-state index in [0.717, 1.165) is 18.7 Å². The van der Waals surface area contributed by atoms with Crippen molar-refractivity contribution in [2.24, 2.45) is 13.0 Å². The fourth-order valence-corrected chi connectivity index (χ4v) is 4.77. The Kier molecular flexibility index (Phi) is 4.53. The second-order valence-electron chi connectivity index (χ2n) is 5.10. The van der Waals surface area contributed by atoms with E-state index < -0.39 is 9.84 Å². The van der Waals surface area contributed by atoms with Crippen LogP contribution < -0.4 is 5.32 Å². The highest BCUT2D eigenvalue weighted by atomic mass is 35.5. The van der Waals surface area contributed by atoms with Gasteiger partial charge in [-0.15, -0.1) is 0 Å². The Morgan fingerprint density at radius 2 is 2.37 bits per heavy atom.